The van der Waals surface area contributed by atoms with Crippen molar-refractivity contribution in [3.8, 4) is 0 Å². The number of carbonyl (C=O) groups is 3. The number of halogens is 3. The molecular formula is C32H46F3N5O4. The highest BCUT2D eigenvalue weighted by atomic mass is 19.4. The van der Waals surface area contributed by atoms with Gasteiger partial charge < -0.3 is 26.4 Å². The molecule has 12 heteroatoms. The van der Waals surface area contributed by atoms with E-state index in [1.54, 1.807) is 13.8 Å². The molecule has 2 atom stereocenters. The van der Waals surface area contributed by atoms with E-state index in [-0.39, 0.29) is 17.8 Å². The number of nitrogens with zero attached hydrogens (tertiary/aromatic N) is 1. The number of aliphatic hydroxyl groups excluding tert-OH is 1. The van der Waals surface area contributed by atoms with Crippen molar-refractivity contribution >= 4 is 23.5 Å². The summed E-state index contributed by atoms with van der Waals surface area (Å²) in [6.45, 7) is 11.8. The smallest absolute Gasteiger partial charge is 0.391 e. The first kappa shape index (κ1) is 36.6. The number of hydrogen-bond donors (Lipinski definition) is 5. The fourth-order valence-electron chi connectivity index (χ4n) is 4.54. The molecule has 244 valence electrons. The van der Waals surface area contributed by atoms with Crippen molar-refractivity contribution in [2.45, 2.75) is 97.8 Å². The van der Waals surface area contributed by atoms with Crippen molar-refractivity contribution in [1.29, 1.82) is 0 Å². The third-order valence-electron chi connectivity index (χ3n) is 7.04. The average molecular weight is 622 g/mol. The molecule has 0 fully saturated rings. The van der Waals surface area contributed by atoms with Crippen molar-refractivity contribution in [3.63, 3.8) is 0 Å². The summed E-state index contributed by atoms with van der Waals surface area (Å²) in [7, 11) is 0. The number of amides is 4. The second-order valence-electron chi connectivity index (χ2n) is 11.4. The Labute approximate surface area is 258 Å². The maximum Gasteiger partial charge on any atom is 0.416 e. The van der Waals surface area contributed by atoms with Gasteiger partial charge >= 0.3 is 12.2 Å². The van der Waals surface area contributed by atoms with Gasteiger partial charge in [-0.2, -0.15) is 13.2 Å². The Kier molecular flexibility index (Phi) is 14.1. The first-order valence-corrected chi connectivity index (χ1v) is 15.0. The Balaban J connectivity index is 2.17. The minimum atomic E-state index is -4.73. The molecule has 0 aliphatic heterocycles. The normalized spacial score (nSPS) is 13.1. The minimum Gasteiger partial charge on any atom is -0.391 e. The monoisotopic (exact) mass is 621 g/mol. The van der Waals surface area contributed by atoms with E-state index in [0.717, 1.165) is 24.1 Å². The van der Waals surface area contributed by atoms with E-state index < -0.39 is 53.8 Å². The molecule has 0 saturated heterocycles. The molecule has 0 bridgehead atoms. The molecular weight excluding hydrogens is 575 g/mol. The lowest BCUT2D eigenvalue weighted by molar-refractivity contribution is -0.137. The third kappa shape index (κ3) is 11.8. The molecule has 0 aliphatic carbocycles. The lowest BCUT2D eigenvalue weighted by Crippen LogP contribution is -2.53. The van der Waals surface area contributed by atoms with E-state index in [2.05, 4.69) is 57.4 Å². The molecule has 0 aromatic heterocycles. The maximum atomic E-state index is 13.4. The maximum absolute atomic E-state index is 13.4. The molecule has 0 aliphatic rings. The van der Waals surface area contributed by atoms with Crippen LogP contribution in [0.15, 0.2) is 42.5 Å². The van der Waals surface area contributed by atoms with Crippen LogP contribution in [0.5, 0.6) is 0 Å². The molecule has 0 radical (unpaired) electrons. The van der Waals surface area contributed by atoms with Crippen LogP contribution in [0.1, 0.15) is 81.4 Å². The van der Waals surface area contributed by atoms with Crippen LogP contribution in [-0.4, -0.2) is 65.2 Å². The standard InChI is InChI=1S/C32H46F3N5O4/c1-7-9-28(41)27(19-40(21(5)6)18-23-12-10-22(8-2)11-13-23)38-29(42)17-36-30(43)25-16-24(32(33,34)35)14-15-26(25)39-31(44)37-20(3)4/h10-16,20-21,27-28,41H,7-9,17-19H2,1-6H3,(H,36,43)(H,38,42)(H2,37,39,44). The van der Waals surface area contributed by atoms with Gasteiger partial charge in [-0.05, 0) is 69.9 Å². The largest absolute Gasteiger partial charge is 0.416 e. The summed E-state index contributed by atoms with van der Waals surface area (Å²) in [5, 5.41) is 21.0. The molecule has 0 spiro atoms. The van der Waals surface area contributed by atoms with E-state index in [0.29, 0.717) is 32.0 Å². The van der Waals surface area contributed by atoms with E-state index in [1.165, 1.54) is 5.56 Å². The molecule has 0 saturated carbocycles. The van der Waals surface area contributed by atoms with Gasteiger partial charge in [-0.1, -0.05) is 44.5 Å². The number of carbonyl (C=O) groups excluding carboxylic acids is 3. The van der Waals surface area contributed by atoms with Crippen molar-refractivity contribution in [3.05, 3.63) is 64.7 Å². The van der Waals surface area contributed by atoms with Crippen LogP contribution in [-0.2, 0) is 23.9 Å². The average Bonchev–Trinajstić information content (AvgIpc) is 2.94. The minimum absolute atomic E-state index is 0.0912. The van der Waals surface area contributed by atoms with Crippen LogP contribution in [0, 0.1) is 0 Å². The molecule has 2 aromatic rings. The van der Waals surface area contributed by atoms with Crippen LogP contribution < -0.4 is 21.3 Å². The molecule has 5 N–H and O–H groups in total. The quantitative estimate of drug-likeness (QED) is 0.190. The van der Waals surface area contributed by atoms with Crippen molar-refractivity contribution < 1.29 is 32.7 Å². The van der Waals surface area contributed by atoms with Crippen molar-refractivity contribution in [1.82, 2.24) is 20.9 Å². The van der Waals surface area contributed by atoms with Crippen LogP contribution in [0.25, 0.3) is 0 Å². The van der Waals surface area contributed by atoms with Crippen molar-refractivity contribution in [2.75, 3.05) is 18.4 Å². The van der Waals surface area contributed by atoms with Gasteiger partial charge in [-0.15, -0.1) is 0 Å². The fourth-order valence-corrected chi connectivity index (χ4v) is 4.54. The topological polar surface area (TPSA) is 123 Å². The van der Waals surface area contributed by atoms with Gasteiger partial charge in [0.1, 0.15) is 0 Å². The lowest BCUT2D eigenvalue weighted by Gasteiger charge is -2.33. The Morgan fingerprint density at radius 3 is 2.11 bits per heavy atom. The summed E-state index contributed by atoms with van der Waals surface area (Å²) >= 11 is 0. The number of aliphatic hydroxyl groups is 1. The van der Waals surface area contributed by atoms with Gasteiger partial charge in [0.2, 0.25) is 5.91 Å². The van der Waals surface area contributed by atoms with E-state index in [1.807, 2.05) is 20.8 Å². The highest BCUT2D eigenvalue weighted by molar-refractivity contribution is 6.04. The molecule has 0 heterocycles. The molecule has 4 amide bonds. The number of benzene rings is 2. The van der Waals surface area contributed by atoms with Crippen LogP contribution in [0.3, 0.4) is 0 Å². The molecule has 2 aromatic carbocycles. The highest BCUT2D eigenvalue weighted by Crippen LogP contribution is 2.32. The Morgan fingerprint density at radius 2 is 1.57 bits per heavy atom. The zero-order valence-electron chi connectivity index (χ0n) is 26.3. The first-order chi connectivity index (χ1) is 20.6. The molecule has 2 rings (SSSR count). The van der Waals surface area contributed by atoms with Crippen molar-refractivity contribution in [2.24, 2.45) is 0 Å². The Hall–Kier alpha value is -3.64. The number of nitrogens with one attached hydrogen (secondary N) is 4. The zero-order chi connectivity index (χ0) is 33.0. The third-order valence-corrected chi connectivity index (χ3v) is 7.04. The van der Waals surface area contributed by atoms with Crippen LogP contribution in [0.4, 0.5) is 23.7 Å². The predicted octanol–water partition coefficient (Wildman–Crippen LogP) is 5.08. The molecule has 2 unspecified atom stereocenters. The Morgan fingerprint density at radius 1 is 0.932 bits per heavy atom. The van der Waals surface area contributed by atoms with E-state index in [4.69, 9.17) is 0 Å². The van der Waals surface area contributed by atoms with Crippen LogP contribution in [0.2, 0.25) is 0 Å². The summed E-state index contributed by atoms with van der Waals surface area (Å²) in [4.78, 5) is 40.3. The highest BCUT2D eigenvalue weighted by Gasteiger charge is 2.32. The fraction of sp³-hybridized carbons (Fsp3) is 0.531. The van der Waals surface area contributed by atoms with Gasteiger partial charge in [0.25, 0.3) is 5.91 Å². The van der Waals surface area contributed by atoms with E-state index >= 15 is 0 Å². The molecule has 9 nitrogen and oxygen atoms in total. The molecule has 44 heavy (non-hydrogen) atoms. The number of urea groups is 1. The number of aryl methyl sites for hydroxylation is 1. The number of hydrogen-bond acceptors (Lipinski definition) is 5. The lowest BCUT2D eigenvalue weighted by atomic mass is 10.0. The van der Waals surface area contributed by atoms with Gasteiger partial charge in [0.05, 0.1) is 35.5 Å². The SMILES string of the molecule is CCCC(O)C(CN(Cc1ccc(CC)cc1)C(C)C)NC(=O)CNC(=O)c1cc(C(F)(F)F)ccc1NC(=O)NC(C)C. The Bertz CT molecular complexity index is 1240. The van der Waals surface area contributed by atoms with Gasteiger partial charge in [0, 0.05) is 25.2 Å². The summed E-state index contributed by atoms with van der Waals surface area (Å²) in [5.41, 5.74) is 0.634. The van der Waals surface area contributed by atoms with Gasteiger partial charge in [0.15, 0.2) is 0 Å². The number of alkyl halides is 3. The second kappa shape index (κ2) is 17.0. The first-order valence-electron chi connectivity index (χ1n) is 15.0. The predicted molar refractivity (Wildman–Crippen MR) is 165 cm³/mol. The summed E-state index contributed by atoms with van der Waals surface area (Å²) in [5.74, 6) is -1.59. The van der Waals surface area contributed by atoms with Crippen LogP contribution >= 0.6 is 0 Å². The number of rotatable bonds is 15. The summed E-state index contributed by atoms with van der Waals surface area (Å²) in [6.07, 6.45) is -3.54. The summed E-state index contributed by atoms with van der Waals surface area (Å²) in [6, 6.07) is 9.11. The van der Waals surface area contributed by atoms with Gasteiger partial charge in [-0.25, -0.2) is 4.79 Å². The zero-order valence-corrected chi connectivity index (χ0v) is 26.3. The summed E-state index contributed by atoms with van der Waals surface area (Å²) < 4.78 is 40.2. The van der Waals surface area contributed by atoms with E-state index in [9.17, 15) is 32.7 Å². The van der Waals surface area contributed by atoms with Gasteiger partial charge in [-0.3, -0.25) is 14.5 Å². The number of anilines is 1. The second-order valence-corrected chi connectivity index (χ2v) is 11.4.